The lowest BCUT2D eigenvalue weighted by molar-refractivity contribution is -0.119. The van der Waals surface area contributed by atoms with E-state index < -0.39 is 12.7 Å². The number of hydrogen-bond donors (Lipinski definition) is 0. The maximum Gasteiger partial charge on any atom is 0.405 e. The number of anilines is 1. The van der Waals surface area contributed by atoms with E-state index in [9.17, 15) is 13.2 Å². The zero-order valence-corrected chi connectivity index (χ0v) is 12.1. The standard InChI is InChI=1S/C13H9ClF3N3S/c14-12-3-11(2-1-9(12)4-18)20(7-13(15,16)17)5-10-6-21-8-19-10/h1-3,6,8H,5,7H2. The third-order valence-corrected chi connectivity index (χ3v) is 3.59. The molecule has 0 N–H and O–H groups in total. The molecule has 1 heterocycles. The summed E-state index contributed by atoms with van der Waals surface area (Å²) < 4.78 is 38.2. The molecule has 2 rings (SSSR count). The summed E-state index contributed by atoms with van der Waals surface area (Å²) in [5.74, 6) is 0. The highest BCUT2D eigenvalue weighted by atomic mass is 35.5. The minimum absolute atomic E-state index is 0.0191. The van der Waals surface area contributed by atoms with E-state index in [0.29, 0.717) is 11.4 Å². The Morgan fingerprint density at radius 2 is 2.14 bits per heavy atom. The lowest BCUT2D eigenvalue weighted by atomic mass is 10.2. The molecule has 8 heteroatoms. The molecule has 1 aromatic heterocycles. The number of aromatic nitrogens is 1. The van der Waals surface area contributed by atoms with Crippen molar-refractivity contribution in [2.24, 2.45) is 0 Å². The Bertz CT molecular complexity index is 650. The molecule has 0 radical (unpaired) electrons. The van der Waals surface area contributed by atoms with Gasteiger partial charge in [-0.2, -0.15) is 18.4 Å². The van der Waals surface area contributed by atoms with E-state index in [1.54, 1.807) is 10.9 Å². The summed E-state index contributed by atoms with van der Waals surface area (Å²) in [6.45, 7) is -1.10. The van der Waals surface area contributed by atoms with E-state index in [1.165, 1.54) is 29.5 Å². The van der Waals surface area contributed by atoms with Crippen molar-refractivity contribution in [2.75, 3.05) is 11.4 Å². The molecule has 0 fully saturated rings. The fraction of sp³-hybridized carbons (Fsp3) is 0.231. The molecule has 0 saturated heterocycles. The highest BCUT2D eigenvalue weighted by Crippen LogP contribution is 2.27. The first-order chi connectivity index (χ1) is 9.89. The Balaban J connectivity index is 2.30. The van der Waals surface area contributed by atoms with Gasteiger partial charge in [-0.15, -0.1) is 11.3 Å². The van der Waals surface area contributed by atoms with Gasteiger partial charge in [0, 0.05) is 11.1 Å². The Morgan fingerprint density at radius 3 is 2.67 bits per heavy atom. The summed E-state index contributed by atoms with van der Waals surface area (Å²) in [5, 5.41) is 10.6. The van der Waals surface area contributed by atoms with Crippen LogP contribution in [0.25, 0.3) is 0 Å². The topological polar surface area (TPSA) is 39.9 Å². The van der Waals surface area contributed by atoms with Crippen LogP contribution in [0.4, 0.5) is 18.9 Å². The van der Waals surface area contributed by atoms with Gasteiger partial charge in [-0.1, -0.05) is 11.6 Å². The molecular weight excluding hydrogens is 323 g/mol. The third-order valence-electron chi connectivity index (χ3n) is 2.64. The zero-order valence-electron chi connectivity index (χ0n) is 10.6. The van der Waals surface area contributed by atoms with Gasteiger partial charge in [0.2, 0.25) is 0 Å². The number of halogens is 4. The molecule has 0 spiro atoms. The Kier molecular flexibility index (Phi) is 4.70. The van der Waals surface area contributed by atoms with Crippen molar-refractivity contribution in [1.29, 1.82) is 5.26 Å². The second-order valence-corrected chi connectivity index (χ2v) is 5.35. The number of nitriles is 1. The van der Waals surface area contributed by atoms with Gasteiger partial charge in [-0.3, -0.25) is 0 Å². The second-order valence-electron chi connectivity index (χ2n) is 4.23. The molecular formula is C13H9ClF3N3S. The first-order valence-corrected chi connectivity index (χ1v) is 7.09. The Hall–Kier alpha value is -1.78. The summed E-state index contributed by atoms with van der Waals surface area (Å²) >= 11 is 7.20. The summed E-state index contributed by atoms with van der Waals surface area (Å²) in [6.07, 6.45) is -4.35. The number of hydrogen-bond acceptors (Lipinski definition) is 4. The average Bonchev–Trinajstić information content (AvgIpc) is 2.89. The van der Waals surface area contributed by atoms with Gasteiger partial charge in [0.05, 0.1) is 28.3 Å². The number of alkyl halides is 3. The van der Waals surface area contributed by atoms with Crippen LogP contribution in [0, 0.1) is 11.3 Å². The Morgan fingerprint density at radius 1 is 1.38 bits per heavy atom. The number of nitrogens with zero attached hydrogens (tertiary/aromatic N) is 3. The lowest BCUT2D eigenvalue weighted by Crippen LogP contribution is -2.34. The quantitative estimate of drug-likeness (QED) is 0.841. The van der Waals surface area contributed by atoms with E-state index in [1.807, 2.05) is 6.07 Å². The maximum absolute atomic E-state index is 12.7. The first-order valence-electron chi connectivity index (χ1n) is 5.77. The lowest BCUT2D eigenvalue weighted by Gasteiger charge is -2.25. The molecule has 3 nitrogen and oxygen atoms in total. The van der Waals surface area contributed by atoms with Crippen LogP contribution in [0.5, 0.6) is 0 Å². The molecule has 0 saturated carbocycles. The highest BCUT2D eigenvalue weighted by Gasteiger charge is 2.31. The zero-order chi connectivity index (χ0) is 15.5. The van der Waals surface area contributed by atoms with Gasteiger partial charge in [0.1, 0.15) is 12.6 Å². The van der Waals surface area contributed by atoms with Crippen LogP contribution in [0.1, 0.15) is 11.3 Å². The van der Waals surface area contributed by atoms with Crippen LogP contribution in [-0.4, -0.2) is 17.7 Å². The fourth-order valence-corrected chi connectivity index (χ4v) is 2.52. The van der Waals surface area contributed by atoms with Crippen molar-refractivity contribution in [3.05, 3.63) is 45.4 Å². The molecule has 110 valence electrons. The fourth-order valence-electron chi connectivity index (χ4n) is 1.76. The van der Waals surface area contributed by atoms with E-state index in [4.69, 9.17) is 16.9 Å². The summed E-state index contributed by atoms with van der Waals surface area (Å²) in [4.78, 5) is 5.12. The predicted octanol–water partition coefficient (Wildman–Crippen LogP) is 4.24. The van der Waals surface area contributed by atoms with E-state index in [-0.39, 0.29) is 17.1 Å². The minimum Gasteiger partial charge on any atom is -0.356 e. The molecule has 0 aliphatic rings. The maximum atomic E-state index is 12.7. The molecule has 0 bridgehead atoms. The predicted molar refractivity (Wildman–Crippen MR) is 75.4 cm³/mol. The molecule has 0 aliphatic heterocycles. The van der Waals surface area contributed by atoms with E-state index >= 15 is 0 Å². The van der Waals surface area contributed by atoms with Gasteiger partial charge >= 0.3 is 6.18 Å². The third kappa shape index (κ3) is 4.34. The number of benzene rings is 1. The molecule has 0 amide bonds. The van der Waals surface area contributed by atoms with Crippen molar-refractivity contribution in [2.45, 2.75) is 12.7 Å². The van der Waals surface area contributed by atoms with E-state index in [2.05, 4.69) is 4.98 Å². The molecule has 0 aliphatic carbocycles. The highest BCUT2D eigenvalue weighted by molar-refractivity contribution is 7.07. The molecule has 21 heavy (non-hydrogen) atoms. The van der Waals surface area contributed by atoms with Crippen molar-refractivity contribution in [3.8, 4) is 6.07 Å². The van der Waals surface area contributed by atoms with Crippen LogP contribution in [0.2, 0.25) is 5.02 Å². The summed E-state index contributed by atoms with van der Waals surface area (Å²) in [6, 6.07) is 6.08. The number of rotatable bonds is 4. The van der Waals surface area contributed by atoms with Crippen LogP contribution in [0.3, 0.4) is 0 Å². The van der Waals surface area contributed by atoms with Gasteiger partial charge in [-0.25, -0.2) is 4.98 Å². The normalized spacial score (nSPS) is 11.2. The van der Waals surface area contributed by atoms with Crippen LogP contribution >= 0.6 is 22.9 Å². The smallest absolute Gasteiger partial charge is 0.356 e. The molecule has 0 atom stereocenters. The van der Waals surface area contributed by atoms with Crippen molar-refractivity contribution in [3.63, 3.8) is 0 Å². The monoisotopic (exact) mass is 331 g/mol. The van der Waals surface area contributed by atoms with Gasteiger partial charge in [-0.05, 0) is 18.2 Å². The summed E-state index contributed by atoms with van der Waals surface area (Å²) in [7, 11) is 0. The SMILES string of the molecule is N#Cc1ccc(N(Cc2cscn2)CC(F)(F)F)cc1Cl. The van der Waals surface area contributed by atoms with Crippen molar-refractivity contribution < 1.29 is 13.2 Å². The van der Waals surface area contributed by atoms with Crippen molar-refractivity contribution in [1.82, 2.24) is 4.98 Å². The number of thiazole rings is 1. The van der Waals surface area contributed by atoms with Gasteiger partial charge in [0.15, 0.2) is 0 Å². The van der Waals surface area contributed by atoms with Crippen molar-refractivity contribution >= 4 is 28.6 Å². The van der Waals surface area contributed by atoms with Gasteiger partial charge in [0.25, 0.3) is 0 Å². The molecule has 1 aromatic carbocycles. The average molecular weight is 332 g/mol. The second kappa shape index (κ2) is 6.33. The Labute approximate surface area is 128 Å². The van der Waals surface area contributed by atoms with E-state index in [0.717, 1.165) is 4.90 Å². The largest absolute Gasteiger partial charge is 0.405 e. The molecule has 0 unspecified atom stereocenters. The summed E-state index contributed by atoms with van der Waals surface area (Å²) in [5.41, 5.74) is 2.63. The minimum atomic E-state index is -4.35. The van der Waals surface area contributed by atoms with Crippen LogP contribution in [0.15, 0.2) is 29.1 Å². The van der Waals surface area contributed by atoms with Crippen LogP contribution in [-0.2, 0) is 6.54 Å². The van der Waals surface area contributed by atoms with Gasteiger partial charge < -0.3 is 4.90 Å². The molecule has 2 aromatic rings. The first kappa shape index (κ1) is 15.6. The van der Waals surface area contributed by atoms with Crippen LogP contribution < -0.4 is 4.90 Å².